The predicted octanol–water partition coefficient (Wildman–Crippen LogP) is 6.84. The second-order valence-electron chi connectivity index (χ2n) is 10.8. The van der Waals surface area contributed by atoms with Gasteiger partial charge in [0.2, 0.25) is 0 Å². The molecule has 0 fully saturated rings. The van der Waals surface area contributed by atoms with Crippen LogP contribution in [0.25, 0.3) is 11.0 Å². The maximum atomic E-state index is 12.0. The van der Waals surface area contributed by atoms with Gasteiger partial charge in [-0.05, 0) is 75.6 Å². The number of carbonyl (C=O) groups excluding carboxylic acids is 1. The third-order valence-corrected chi connectivity index (χ3v) is 5.63. The topological polar surface area (TPSA) is 99.5 Å². The maximum Gasteiger partial charge on any atom is 0.407 e. The first-order valence-corrected chi connectivity index (χ1v) is 13.1. The Bertz CT molecular complexity index is 1420. The fourth-order valence-corrected chi connectivity index (χ4v) is 3.90. The van der Waals surface area contributed by atoms with Gasteiger partial charge in [0.1, 0.15) is 34.7 Å². The molecule has 0 bridgehead atoms. The number of alkyl carbamates (subject to hydrolysis) is 1. The summed E-state index contributed by atoms with van der Waals surface area (Å²) in [6.45, 7) is 13.3. The third-order valence-electron chi connectivity index (χ3n) is 5.63. The lowest BCUT2D eigenvalue weighted by Crippen LogP contribution is -2.34. The van der Waals surface area contributed by atoms with E-state index >= 15 is 0 Å². The van der Waals surface area contributed by atoms with Gasteiger partial charge >= 0.3 is 6.09 Å². The van der Waals surface area contributed by atoms with Gasteiger partial charge in [0.15, 0.2) is 5.82 Å². The molecular weight excluding hydrogens is 494 g/mol. The number of hydrogen-bond acceptors (Lipinski definition) is 7. The highest BCUT2D eigenvalue weighted by Gasteiger charge is 2.16. The number of ether oxygens (including phenoxy) is 3. The van der Waals surface area contributed by atoms with Gasteiger partial charge in [-0.25, -0.2) is 14.8 Å². The Balaban J connectivity index is 1.44. The molecule has 4 rings (SSSR count). The highest BCUT2D eigenvalue weighted by Crippen LogP contribution is 2.31. The number of anilines is 2. The van der Waals surface area contributed by atoms with E-state index in [-0.39, 0.29) is 0 Å². The summed E-state index contributed by atoms with van der Waals surface area (Å²) >= 11 is 0. The molecule has 2 N–H and O–H groups in total. The molecule has 2 aromatic heterocycles. The van der Waals surface area contributed by atoms with Crippen LogP contribution < -0.4 is 20.1 Å². The van der Waals surface area contributed by atoms with Crippen molar-refractivity contribution in [1.82, 2.24) is 19.9 Å². The molecule has 4 aromatic rings. The van der Waals surface area contributed by atoms with Crippen molar-refractivity contribution in [3.8, 4) is 17.2 Å². The molecule has 9 heteroatoms. The van der Waals surface area contributed by atoms with Crippen LogP contribution in [-0.2, 0) is 11.3 Å². The Kier molecular flexibility index (Phi) is 8.59. The summed E-state index contributed by atoms with van der Waals surface area (Å²) in [7, 11) is 0. The smallest absolute Gasteiger partial charge is 0.407 e. The van der Waals surface area contributed by atoms with E-state index in [0.29, 0.717) is 31.4 Å². The summed E-state index contributed by atoms with van der Waals surface area (Å²) in [5, 5.41) is 6.21. The van der Waals surface area contributed by atoms with Crippen LogP contribution in [0.3, 0.4) is 0 Å². The van der Waals surface area contributed by atoms with Crippen molar-refractivity contribution in [3.63, 3.8) is 0 Å². The lowest BCUT2D eigenvalue weighted by atomic mass is 10.2. The van der Waals surface area contributed by atoms with Gasteiger partial charge in [-0.15, -0.1) is 0 Å². The van der Waals surface area contributed by atoms with E-state index < -0.39 is 11.7 Å². The summed E-state index contributed by atoms with van der Waals surface area (Å²) in [6.07, 6.45) is 3.02. The van der Waals surface area contributed by atoms with E-state index in [1.54, 1.807) is 0 Å². The highest BCUT2D eigenvalue weighted by molar-refractivity contribution is 5.88. The summed E-state index contributed by atoms with van der Waals surface area (Å²) in [5.74, 6) is 3.38. The van der Waals surface area contributed by atoms with E-state index in [1.165, 1.54) is 6.33 Å². The van der Waals surface area contributed by atoms with Crippen molar-refractivity contribution in [2.24, 2.45) is 5.92 Å². The minimum absolute atomic E-state index is 0.405. The van der Waals surface area contributed by atoms with Gasteiger partial charge in [-0.2, -0.15) is 0 Å². The Labute approximate surface area is 229 Å². The van der Waals surface area contributed by atoms with E-state index in [9.17, 15) is 4.79 Å². The lowest BCUT2D eigenvalue weighted by molar-refractivity contribution is 0.0526. The molecule has 0 aliphatic carbocycles. The fraction of sp³-hybridized carbons (Fsp3) is 0.367. The minimum Gasteiger partial charge on any atom is -0.493 e. The van der Waals surface area contributed by atoms with Gasteiger partial charge in [0.05, 0.1) is 12.1 Å². The molecule has 2 heterocycles. The van der Waals surface area contributed by atoms with E-state index in [2.05, 4.69) is 34.4 Å². The van der Waals surface area contributed by atoms with Crippen molar-refractivity contribution in [1.29, 1.82) is 0 Å². The summed E-state index contributed by atoms with van der Waals surface area (Å²) in [4.78, 5) is 20.9. The summed E-state index contributed by atoms with van der Waals surface area (Å²) in [6, 6.07) is 15.5. The molecule has 0 unspecified atom stereocenters. The number of aromatic nitrogens is 3. The van der Waals surface area contributed by atoms with E-state index in [4.69, 9.17) is 14.2 Å². The van der Waals surface area contributed by atoms with Crippen molar-refractivity contribution >= 4 is 28.6 Å². The molecule has 206 valence electrons. The summed E-state index contributed by atoms with van der Waals surface area (Å²) < 4.78 is 19.3. The van der Waals surface area contributed by atoms with Gasteiger partial charge in [0, 0.05) is 31.0 Å². The number of nitrogens with one attached hydrogen (secondary N) is 2. The molecule has 0 atom stereocenters. The number of rotatable bonds is 10. The van der Waals surface area contributed by atoms with Crippen molar-refractivity contribution in [3.05, 3.63) is 66.6 Å². The van der Waals surface area contributed by atoms with E-state index in [0.717, 1.165) is 39.5 Å². The molecule has 9 nitrogen and oxygen atoms in total. The molecular formula is C30H37N5O4. The number of fused-ring (bicyclic) bond motifs is 1. The largest absolute Gasteiger partial charge is 0.493 e. The molecule has 0 saturated carbocycles. The number of amides is 1. The molecule has 39 heavy (non-hydrogen) atoms. The third kappa shape index (κ3) is 7.86. The predicted molar refractivity (Wildman–Crippen MR) is 153 cm³/mol. The van der Waals surface area contributed by atoms with Crippen LogP contribution in [0.5, 0.6) is 17.2 Å². The fourth-order valence-electron chi connectivity index (χ4n) is 3.90. The zero-order chi connectivity index (χ0) is 28.0. The van der Waals surface area contributed by atoms with Crippen molar-refractivity contribution in [2.45, 2.75) is 53.7 Å². The lowest BCUT2D eigenvalue weighted by Gasteiger charge is -2.19. The van der Waals surface area contributed by atoms with Crippen molar-refractivity contribution in [2.75, 3.05) is 18.5 Å². The molecule has 2 aromatic carbocycles. The zero-order valence-electron chi connectivity index (χ0n) is 23.4. The van der Waals surface area contributed by atoms with Crippen LogP contribution >= 0.6 is 0 Å². The Morgan fingerprint density at radius 1 is 1.05 bits per heavy atom. The Morgan fingerprint density at radius 3 is 2.59 bits per heavy atom. The van der Waals surface area contributed by atoms with Crippen LogP contribution in [0.4, 0.5) is 16.3 Å². The van der Waals surface area contributed by atoms with Crippen LogP contribution in [0.2, 0.25) is 0 Å². The molecule has 0 aliphatic rings. The van der Waals surface area contributed by atoms with Crippen LogP contribution in [-0.4, -0.2) is 39.4 Å². The first-order valence-electron chi connectivity index (χ1n) is 13.1. The molecule has 0 radical (unpaired) electrons. The monoisotopic (exact) mass is 531 g/mol. The number of hydrogen-bond donors (Lipinski definition) is 2. The Morgan fingerprint density at radius 2 is 1.85 bits per heavy atom. The van der Waals surface area contributed by atoms with Crippen LogP contribution in [0, 0.1) is 12.8 Å². The second kappa shape index (κ2) is 12.1. The molecule has 1 amide bonds. The zero-order valence-corrected chi connectivity index (χ0v) is 23.4. The normalized spacial score (nSPS) is 11.5. The van der Waals surface area contributed by atoms with Gasteiger partial charge in [-0.3, -0.25) is 0 Å². The van der Waals surface area contributed by atoms with E-state index in [1.807, 2.05) is 87.0 Å². The van der Waals surface area contributed by atoms with Gasteiger partial charge in [-0.1, -0.05) is 19.9 Å². The van der Waals surface area contributed by atoms with Crippen LogP contribution in [0.1, 0.15) is 40.2 Å². The molecule has 0 saturated heterocycles. The molecule has 0 aliphatic heterocycles. The average molecular weight is 532 g/mol. The minimum atomic E-state index is -0.542. The number of nitrogens with zero attached hydrogens (tertiary/aromatic N) is 3. The SMILES string of the molecule is Cc1cc(Nc2ncnc3ccn(CCNC(=O)OC(C)(C)C)c23)ccc1Oc1cccc(OCC(C)C)c1. The quantitative estimate of drug-likeness (QED) is 0.231. The standard InChI is InChI=1S/C30H37N5O4/c1-20(2)18-37-23-8-7-9-24(17-23)38-26-11-10-22(16-21(26)3)34-28-27-25(32-19-33-28)12-14-35(27)15-13-31-29(36)39-30(4,5)6/h7-12,14,16-17,19-20H,13,15,18H2,1-6H3,(H,31,36)(H,32,33,34). The maximum absolute atomic E-state index is 12.0. The first kappa shape index (κ1) is 27.8. The van der Waals surface area contributed by atoms with Crippen molar-refractivity contribution < 1.29 is 19.0 Å². The second-order valence-corrected chi connectivity index (χ2v) is 10.8. The highest BCUT2D eigenvalue weighted by atomic mass is 16.6. The first-order chi connectivity index (χ1) is 18.6. The Hall–Kier alpha value is -4.27. The van der Waals surface area contributed by atoms with Crippen LogP contribution in [0.15, 0.2) is 61.1 Å². The molecule has 0 spiro atoms. The average Bonchev–Trinajstić information content (AvgIpc) is 3.28. The van der Waals surface area contributed by atoms with Gasteiger partial charge in [0.25, 0.3) is 0 Å². The number of benzene rings is 2. The summed E-state index contributed by atoms with van der Waals surface area (Å²) in [5.41, 5.74) is 2.95. The van der Waals surface area contributed by atoms with Gasteiger partial charge < -0.3 is 29.4 Å². The number of aryl methyl sites for hydroxylation is 1. The number of carbonyl (C=O) groups is 1.